The van der Waals surface area contributed by atoms with Gasteiger partial charge in [0.25, 0.3) is 0 Å². The summed E-state index contributed by atoms with van der Waals surface area (Å²) in [6, 6.07) is 6.12. The first-order valence-corrected chi connectivity index (χ1v) is 4.72. The monoisotopic (exact) mass is 223 g/mol. The highest BCUT2D eigenvalue weighted by Crippen LogP contribution is 2.12. The van der Waals surface area contributed by atoms with Crippen molar-refractivity contribution in [3.05, 3.63) is 29.8 Å². The maximum Gasteiger partial charge on any atom is 0.326 e. The molecule has 0 heterocycles. The lowest BCUT2D eigenvalue weighted by atomic mass is 10.1. The molecule has 0 aliphatic rings. The zero-order valence-corrected chi connectivity index (χ0v) is 8.84. The van der Waals surface area contributed by atoms with E-state index in [-0.39, 0.29) is 6.42 Å². The van der Waals surface area contributed by atoms with E-state index in [9.17, 15) is 9.59 Å². The molecule has 2 N–H and O–H groups in total. The normalized spacial score (nSPS) is 11.6. The minimum atomic E-state index is -1.05. The Bertz CT molecular complexity index is 361. The van der Waals surface area contributed by atoms with Crippen LogP contribution in [0.4, 0.5) is 0 Å². The summed E-state index contributed by atoms with van der Waals surface area (Å²) in [5.41, 5.74) is 0.822. The van der Waals surface area contributed by atoms with Crippen molar-refractivity contribution in [1.82, 2.24) is 5.32 Å². The lowest BCUT2D eigenvalue weighted by Crippen LogP contribution is -2.37. The van der Waals surface area contributed by atoms with Gasteiger partial charge in [-0.25, -0.2) is 4.79 Å². The van der Waals surface area contributed by atoms with Gasteiger partial charge in [0.2, 0.25) is 6.41 Å². The fourth-order valence-electron chi connectivity index (χ4n) is 1.30. The van der Waals surface area contributed by atoms with E-state index in [1.54, 1.807) is 31.4 Å². The second-order valence-corrected chi connectivity index (χ2v) is 3.23. The Morgan fingerprint density at radius 1 is 1.50 bits per heavy atom. The lowest BCUT2D eigenvalue weighted by molar-refractivity contribution is -0.140. The van der Waals surface area contributed by atoms with Crippen LogP contribution in [0.5, 0.6) is 5.75 Å². The molecule has 1 atom stereocenters. The van der Waals surface area contributed by atoms with Crippen LogP contribution in [-0.2, 0) is 16.0 Å². The van der Waals surface area contributed by atoms with Gasteiger partial charge in [-0.15, -0.1) is 0 Å². The number of amides is 1. The Kier molecular flexibility index (Phi) is 4.32. The predicted octanol–water partition coefficient (Wildman–Crippen LogP) is 0.437. The molecule has 1 amide bonds. The molecule has 1 aromatic carbocycles. The maximum absolute atomic E-state index is 10.8. The molecule has 0 aliphatic heterocycles. The summed E-state index contributed by atoms with van der Waals surface area (Å²) < 4.78 is 4.98. The number of methoxy groups -OCH3 is 1. The first kappa shape index (κ1) is 12.0. The quantitative estimate of drug-likeness (QED) is 0.686. The van der Waals surface area contributed by atoms with E-state index < -0.39 is 12.0 Å². The number of ether oxygens (including phenoxy) is 1. The van der Waals surface area contributed by atoms with Crippen molar-refractivity contribution in [3.63, 3.8) is 0 Å². The molecule has 86 valence electrons. The zero-order chi connectivity index (χ0) is 12.0. The highest BCUT2D eigenvalue weighted by Gasteiger charge is 2.16. The van der Waals surface area contributed by atoms with E-state index in [0.29, 0.717) is 12.2 Å². The van der Waals surface area contributed by atoms with Gasteiger partial charge >= 0.3 is 5.97 Å². The maximum atomic E-state index is 10.8. The number of rotatable bonds is 6. The number of nitrogens with one attached hydrogen (secondary N) is 1. The average molecular weight is 223 g/mol. The molecule has 0 fully saturated rings. The summed E-state index contributed by atoms with van der Waals surface area (Å²) in [5.74, 6) is -0.345. The average Bonchev–Trinajstić information content (AvgIpc) is 2.29. The van der Waals surface area contributed by atoms with Crippen LogP contribution in [0.2, 0.25) is 0 Å². The van der Waals surface area contributed by atoms with E-state index in [2.05, 4.69) is 5.32 Å². The van der Waals surface area contributed by atoms with Gasteiger partial charge in [-0.3, -0.25) is 4.79 Å². The highest BCUT2D eigenvalue weighted by atomic mass is 16.5. The van der Waals surface area contributed by atoms with Crippen LogP contribution in [0.1, 0.15) is 5.56 Å². The molecule has 0 spiro atoms. The van der Waals surface area contributed by atoms with Crippen molar-refractivity contribution >= 4 is 12.4 Å². The second-order valence-electron chi connectivity index (χ2n) is 3.23. The summed E-state index contributed by atoms with van der Waals surface area (Å²) >= 11 is 0. The van der Waals surface area contributed by atoms with E-state index in [0.717, 1.165) is 5.56 Å². The van der Waals surface area contributed by atoms with Crippen LogP contribution in [0.15, 0.2) is 24.3 Å². The summed E-state index contributed by atoms with van der Waals surface area (Å²) in [6.45, 7) is 0. The Morgan fingerprint density at radius 3 is 2.56 bits per heavy atom. The highest BCUT2D eigenvalue weighted by molar-refractivity contribution is 5.76. The fraction of sp³-hybridized carbons (Fsp3) is 0.273. The van der Waals surface area contributed by atoms with Gasteiger partial charge in [0.15, 0.2) is 0 Å². The smallest absolute Gasteiger partial charge is 0.326 e. The first-order chi connectivity index (χ1) is 7.67. The third kappa shape index (κ3) is 3.27. The van der Waals surface area contributed by atoms with Gasteiger partial charge in [0.05, 0.1) is 7.11 Å². The van der Waals surface area contributed by atoms with Crippen molar-refractivity contribution in [3.8, 4) is 5.75 Å². The topological polar surface area (TPSA) is 75.6 Å². The molecule has 1 aromatic rings. The van der Waals surface area contributed by atoms with Gasteiger partial charge < -0.3 is 15.2 Å². The molecular formula is C11H13NO4. The van der Waals surface area contributed by atoms with Gasteiger partial charge in [-0.05, 0) is 17.7 Å². The minimum Gasteiger partial charge on any atom is -0.497 e. The number of carboxylic acids is 1. The Hall–Kier alpha value is -2.04. The summed E-state index contributed by atoms with van der Waals surface area (Å²) in [7, 11) is 1.56. The van der Waals surface area contributed by atoms with E-state index in [1.165, 1.54) is 0 Å². The lowest BCUT2D eigenvalue weighted by Gasteiger charge is -2.11. The largest absolute Gasteiger partial charge is 0.497 e. The third-order valence-electron chi connectivity index (χ3n) is 2.17. The van der Waals surface area contributed by atoms with Crippen LogP contribution in [-0.4, -0.2) is 30.6 Å². The molecule has 0 saturated heterocycles. The second kappa shape index (κ2) is 5.75. The number of carbonyl (C=O) groups excluding carboxylic acids is 1. The van der Waals surface area contributed by atoms with Gasteiger partial charge in [0, 0.05) is 6.42 Å². The van der Waals surface area contributed by atoms with Crippen LogP contribution in [0.3, 0.4) is 0 Å². The third-order valence-corrected chi connectivity index (χ3v) is 2.17. The van der Waals surface area contributed by atoms with Gasteiger partial charge in [-0.2, -0.15) is 0 Å². The van der Waals surface area contributed by atoms with Gasteiger partial charge in [-0.1, -0.05) is 12.1 Å². The molecule has 5 nitrogen and oxygen atoms in total. The number of aliphatic carboxylic acids is 1. The number of hydrogen-bond donors (Lipinski definition) is 2. The molecule has 0 saturated carbocycles. The molecule has 5 heteroatoms. The van der Waals surface area contributed by atoms with Crippen molar-refractivity contribution in [2.75, 3.05) is 7.11 Å². The first-order valence-electron chi connectivity index (χ1n) is 4.72. The van der Waals surface area contributed by atoms with Crippen LogP contribution < -0.4 is 10.1 Å². The van der Waals surface area contributed by atoms with Crippen LogP contribution in [0, 0.1) is 0 Å². The van der Waals surface area contributed by atoms with E-state index in [4.69, 9.17) is 9.84 Å². The number of benzene rings is 1. The Morgan fingerprint density at radius 2 is 2.12 bits per heavy atom. The van der Waals surface area contributed by atoms with E-state index >= 15 is 0 Å². The Labute approximate surface area is 93.0 Å². The molecule has 0 aromatic heterocycles. The molecular weight excluding hydrogens is 210 g/mol. The SMILES string of the molecule is COc1ccc(CC(NC=O)C(=O)O)cc1. The molecule has 1 rings (SSSR count). The molecule has 0 radical (unpaired) electrons. The van der Waals surface area contributed by atoms with Gasteiger partial charge in [0.1, 0.15) is 11.8 Å². The minimum absolute atomic E-state index is 0.248. The van der Waals surface area contributed by atoms with E-state index in [1.807, 2.05) is 0 Å². The standard InChI is InChI=1S/C11H13NO4/c1-16-9-4-2-8(3-5-9)6-10(11(14)15)12-7-13/h2-5,7,10H,6H2,1H3,(H,12,13)(H,14,15). The molecule has 16 heavy (non-hydrogen) atoms. The molecule has 1 unspecified atom stereocenters. The predicted molar refractivity (Wildman–Crippen MR) is 57.3 cm³/mol. The summed E-state index contributed by atoms with van der Waals surface area (Å²) in [5, 5.41) is 11.1. The summed E-state index contributed by atoms with van der Waals surface area (Å²) in [4.78, 5) is 21.0. The number of hydrogen-bond acceptors (Lipinski definition) is 3. The van der Waals surface area contributed by atoms with Crippen molar-refractivity contribution in [1.29, 1.82) is 0 Å². The van der Waals surface area contributed by atoms with Crippen molar-refractivity contribution in [2.24, 2.45) is 0 Å². The fourth-order valence-corrected chi connectivity index (χ4v) is 1.30. The van der Waals surface area contributed by atoms with Crippen molar-refractivity contribution < 1.29 is 19.4 Å². The number of carbonyl (C=O) groups is 2. The Balaban J connectivity index is 2.69. The van der Waals surface area contributed by atoms with Crippen LogP contribution in [0.25, 0.3) is 0 Å². The van der Waals surface area contributed by atoms with Crippen LogP contribution >= 0.6 is 0 Å². The van der Waals surface area contributed by atoms with Crippen molar-refractivity contribution in [2.45, 2.75) is 12.5 Å². The zero-order valence-electron chi connectivity index (χ0n) is 8.84. The molecule has 0 bridgehead atoms. The summed E-state index contributed by atoms with van der Waals surface area (Å²) in [6.07, 6.45) is 0.639. The molecule has 0 aliphatic carbocycles. The number of carboxylic acid groups (broad SMARTS) is 1.